The van der Waals surface area contributed by atoms with Crippen LogP contribution in [-0.4, -0.2) is 46.4 Å². The SMILES string of the molecule is O=C(O)C(F)(F)F.[O-][S+](CC1CC1)CC1CNC1. The summed E-state index contributed by atoms with van der Waals surface area (Å²) in [5, 5.41) is 10.3. The van der Waals surface area contributed by atoms with E-state index in [0.717, 1.165) is 36.4 Å². The van der Waals surface area contributed by atoms with Crippen molar-refractivity contribution in [2.24, 2.45) is 11.8 Å². The van der Waals surface area contributed by atoms with Gasteiger partial charge in [0, 0.05) is 24.9 Å². The van der Waals surface area contributed by atoms with E-state index in [-0.39, 0.29) is 0 Å². The number of rotatable bonds is 4. The third-order valence-corrected chi connectivity index (χ3v) is 4.34. The van der Waals surface area contributed by atoms with Gasteiger partial charge in [-0.25, -0.2) is 4.79 Å². The van der Waals surface area contributed by atoms with E-state index in [2.05, 4.69) is 5.32 Å². The number of carboxylic acid groups (broad SMARTS) is 1. The Morgan fingerprint density at radius 3 is 2.00 bits per heavy atom. The number of aliphatic carboxylic acids is 1. The highest BCUT2D eigenvalue weighted by Crippen LogP contribution is 2.30. The minimum atomic E-state index is -5.08. The Labute approximate surface area is 106 Å². The molecule has 106 valence electrons. The van der Waals surface area contributed by atoms with Crippen molar-refractivity contribution in [1.82, 2.24) is 5.32 Å². The summed E-state index contributed by atoms with van der Waals surface area (Å²) in [5.74, 6) is 0.714. The normalized spacial score (nSPS) is 21.6. The maximum absolute atomic E-state index is 11.4. The molecule has 8 heteroatoms. The minimum Gasteiger partial charge on any atom is -0.616 e. The maximum atomic E-state index is 11.4. The molecule has 1 heterocycles. The number of hydrogen-bond donors (Lipinski definition) is 2. The molecule has 1 unspecified atom stereocenters. The molecule has 2 rings (SSSR count). The van der Waals surface area contributed by atoms with E-state index in [0.29, 0.717) is 0 Å². The van der Waals surface area contributed by atoms with Crippen molar-refractivity contribution in [2.75, 3.05) is 24.6 Å². The molecule has 0 aromatic heterocycles. The molecule has 18 heavy (non-hydrogen) atoms. The van der Waals surface area contributed by atoms with Gasteiger partial charge in [0.25, 0.3) is 0 Å². The zero-order valence-electron chi connectivity index (χ0n) is 9.70. The van der Waals surface area contributed by atoms with Gasteiger partial charge in [0.05, 0.1) is 0 Å². The van der Waals surface area contributed by atoms with Crippen LogP contribution in [0.4, 0.5) is 13.2 Å². The van der Waals surface area contributed by atoms with Crippen LogP contribution in [0.2, 0.25) is 0 Å². The lowest BCUT2D eigenvalue weighted by Crippen LogP contribution is -2.45. The molecule has 1 atom stereocenters. The molecule has 1 aliphatic carbocycles. The molecule has 0 aromatic carbocycles. The summed E-state index contributed by atoms with van der Waals surface area (Å²) in [4.78, 5) is 8.90. The first-order chi connectivity index (χ1) is 8.29. The fourth-order valence-corrected chi connectivity index (χ4v) is 3.10. The molecular formula is C10H16F3NO3S. The number of carboxylic acids is 1. The number of hydrogen-bond acceptors (Lipinski definition) is 3. The van der Waals surface area contributed by atoms with Crippen molar-refractivity contribution < 1.29 is 27.6 Å². The van der Waals surface area contributed by atoms with Gasteiger partial charge in [-0.05, 0) is 12.8 Å². The average Bonchev–Trinajstić information content (AvgIpc) is 2.95. The maximum Gasteiger partial charge on any atom is 0.490 e. The third kappa shape index (κ3) is 6.46. The highest BCUT2D eigenvalue weighted by atomic mass is 32.2. The Kier molecular flexibility index (Phi) is 5.74. The monoisotopic (exact) mass is 287 g/mol. The number of carbonyl (C=O) groups is 1. The molecule has 0 amide bonds. The van der Waals surface area contributed by atoms with Crippen LogP contribution in [0, 0.1) is 11.8 Å². The van der Waals surface area contributed by atoms with Gasteiger partial charge in [0.15, 0.2) is 0 Å². The largest absolute Gasteiger partial charge is 0.616 e. The lowest BCUT2D eigenvalue weighted by Gasteiger charge is -2.27. The summed E-state index contributed by atoms with van der Waals surface area (Å²) < 4.78 is 43.1. The molecule has 1 saturated carbocycles. The van der Waals surface area contributed by atoms with E-state index in [4.69, 9.17) is 9.90 Å². The molecule has 2 aliphatic rings. The van der Waals surface area contributed by atoms with Gasteiger partial charge in [0.2, 0.25) is 0 Å². The molecule has 4 nitrogen and oxygen atoms in total. The summed E-state index contributed by atoms with van der Waals surface area (Å²) in [5.41, 5.74) is 0. The molecule has 1 aliphatic heterocycles. The highest BCUT2D eigenvalue weighted by molar-refractivity contribution is 7.91. The molecule has 0 spiro atoms. The van der Waals surface area contributed by atoms with Crippen LogP contribution in [0.1, 0.15) is 12.8 Å². The summed E-state index contributed by atoms with van der Waals surface area (Å²) in [7, 11) is 0. The van der Waals surface area contributed by atoms with Gasteiger partial charge in [-0.1, -0.05) is 11.2 Å². The van der Waals surface area contributed by atoms with Crippen molar-refractivity contribution >= 4 is 17.1 Å². The smallest absolute Gasteiger partial charge is 0.490 e. The lowest BCUT2D eigenvalue weighted by molar-refractivity contribution is -0.192. The van der Waals surface area contributed by atoms with Crippen molar-refractivity contribution in [1.29, 1.82) is 0 Å². The van der Waals surface area contributed by atoms with Gasteiger partial charge in [0.1, 0.15) is 11.5 Å². The Hall–Kier alpha value is -0.470. The van der Waals surface area contributed by atoms with E-state index >= 15 is 0 Å². The van der Waals surface area contributed by atoms with Crippen molar-refractivity contribution in [2.45, 2.75) is 19.0 Å². The van der Waals surface area contributed by atoms with Crippen LogP contribution in [-0.2, 0) is 16.0 Å². The number of alkyl halides is 3. The first kappa shape index (κ1) is 15.6. The molecule has 1 saturated heterocycles. The van der Waals surface area contributed by atoms with Crippen LogP contribution >= 0.6 is 0 Å². The first-order valence-electron chi connectivity index (χ1n) is 5.65. The van der Waals surface area contributed by atoms with E-state index in [9.17, 15) is 17.7 Å². The molecular weight excluding hydrogens is 271 g/mol. The zero-order valence-corrected chi connectivity index (χ0v) is 10.5. The summed E-state index contributed by atoms with van der Waals surface area (Å²) in [6.45, 7) is 2.19. The van der Waals surface area contributed by atoms with E-state index in [1.807, 2.05) is 0 Å². The van der Waals surface area contributed by atoms with Gasteiger partial charge in [-0.2, -0.15) is 13.2 Å². The Morgan fingerprint density at radius 2 is 1.72 bits per heavy atom. The number of halogens is 3. The van der Waals surface area contributed by atoms with Crippen LogP contribution in [0.25, 0.3) is 0 Å². The van der Waals surface area contributed by atoms with Crippen LogP contribution in [0.5, 0.6) is 0 Å². The number of nitrogens with one attached hydrogen (secondary N) is 1. The summed E-state index contributed by atoms with van der Waals surface area (Å²) in [6.07, 6.45) is -2.43. The Balaban J connectivity index is 0.000000203. The second kappa shape index (κ2) is 6.63. The minimum absolute atomic E-state index is 0.506. The topological polar surface area (TPSA) is 72.4 Å². The Bertz CT molecular complexity index is 280. The van der Waals surface area contributed by atoms with Crippen LogP contribution in [0.3, 0.4) is 0 Å². The predicted octanol–water partition coefficient (Wildman–Crippen LogP) is 0.998. The fourth-order valence-electron chi connectivity index (χ4n) is 1.34. The fraction of sp³-hybridized carbons (Fsp3) is 0.900. The molecule has 0 aromatic rings. The highest BCUT2D eigenvalue weighted by Gasteiger charge is 2.38. The lowest BCUT2D eigenvalue weighted by atomic mass is 10.1. The Morgan fingerprint density at radius 1 is 1.28 bits per heavy atom. The predicted molar refractivity (Wildman–Crippen MR) is 60.7 cm³/mol. The van der Waals surface area contributed by atoms with Gasteiger partial charge < -0.3 is 15.0 Å². The second-order valence-corrected chi connectivity index (χ2v) is 6.09. The molecule has 0 bridgehead atoms. The van der Waals surface area contributed by atoms with Crippen molar-refractivity contribution in [3.63, 3.8) is 0 Å². The van der Waals surface area contributed by atoms with Gasteiger partial charge >= 0.3 is 12.1 Å². The average molecular weight is 287 g/mol. The summed E-state index contributed by atoms with van der Waals surface area (Å²) >= 11 is -0.506. The molecule has 2 fully saturated rings. The molecule has 2 N–H and O–H groups in total. The van der Waals surface area contributed by atoms with Crippen LogP contribution < -0.4 is 5.32 Å². The quantitative estimate of drug-likeness (QED) is 0.757. The van der Waals surface area contributed by atoms with Crippen molar-refractivity contribution in [3.8, 4) is 0 Å². The van der Waals surface area contributed by atoms with Gasteiger partial charge in [-0.15, -0.1) is 0 Å². The van der Waals surface area contributed by atoms with Gasteiger partial charge in [-0.3, -0.25) is 0 Å². The van der Waals surface area contributed by atoms with Crippen LogP contribution in [0.15, 0.2) is 0 Å². The first-order valence-corrected chi connectivity index (χ1v) is 7.13. The van der Waals surface area contributed by atoms with Crippen molar-refractivity contribution in [3.05, 3.63) is 0 Å². The van der Waals surface area contributed by atoms with E-state index in [1.54, 1.807) is 0 Å². The summed E-state index contributed by atoms with van der Waals surface area (Å²) in [6, 6.07) is 0. The second-order valence-electron chi connectivity index (χ2n) is 4.54. The van der Waals surface area contributed by atoms with E-state index in [1.165, 1.54) is 12.8 Å². The zero-order chi connectivity index (χ0) is 13.8. The molecule has 0 radical (unpaired) electrons. The third-order valence-electron chi connectivity index (χ3n) is 2.65. The standard InChI is InChI=1S/C8H15NOS.C2HF3O2/c10-11(5-7-1-2-7)6-8-3-9-4-8;3-2(4,5)1(6)7/h7-9H,1-6H2;(H,6,7). The van der Waals surface area contributed by atoms with E-state index < -0.39 is 23.3 Å².